The Hall–Kier alpha value is -2.87. The van der Waals surface area contributed by atoms with E-state index in [0.717, 1.165) is 31.2 Å². The first-order chi connectivity index (χ1) is 14.4. The topological polar surface area (TPSA) is 97.0 Å². The molecule has 1 aliphatic carbocycles. The zero-order valence-corrected chi connectivity index (χ0v) is 17.7. The van der Waals surface area contributed by atoms with E-state index in [9.17, 15) is 14.4 Å². The maximum Gasteiger partial charge on any atom is 0.338 e. The molecule has 1 aliphatic heterocycles. The Balaban J connectivity index is 1.78. The second-order valence-corrected chi connectivity index (χ2v) is 7.66. The van der Waals surface area contributed by atoms with Gasteiger partial charge >= 0.3 is 12.0 Å². The first kappa shape index (κ1) is 21.8. The van der Waals surface area contributed by atoms with Gasteiger partial charge in [0, 0.05) is 31.5 Å². The highest BCUT2D eigenvalue weighted by molar-refractivity contribution is 5.95. The molecule has 1 aromatic rings. The summed E-state index contributed by atoms with van der Waals surface area (Å²) in [5.74, 6) is -0.372. The standard InChI is InChI=1S/C22H29N3O5/c1-14-18(21(27)30-13-12-29-3)19(24-22(28)25(14)2)15-8-10-17(11-9-15)23-20(26)16-6-4-5-7-16/h8-11,16,19H,4-7,12-13H2,1-3H3,(H,23,26)(H,24,28). The lowest BCUT2D eigenvalue weighted by Gasteiger charge is -2.33. The number of carbonyl (C=O) groups is 3. The lowest BCUT2D eigenvalue weighted by molar-refractivity contribution is -0.140. The van der Waals surface area contributed by atoms with Gasteiger partial charge in [-0.2, -0.15) is 0 Å². The van der Waals surface area contributed by atoms with Crippen molar-refractivity contribution in [2.45, 2.75) is 38.6 Å². The van der Waals surface area contributed by atoms with E-state index in [2.05, 4.69) is 10.6 Å². The van der Waals surface area contributed by atoms with Crippen LogP contribution in [0.5, 0.6) is 0 Å². The summed E-state index contributed by atoms with van der Waals surface area (Å²) in [7, 11) is 3.13. The average Bonchev–Trinajstić information content (AvgIpc) is 3.27. The molecule has 1 unspecified atom stereocenters. The summed E-state index contributed by atoms with van der Waals surface area (Å²) in [6.45, 7) is 2.14. The molecule has 2 aliphatic rings. The number of allylic oxidation sites excluding steroid dienone is 1. The van der Waals surface area contributed by atoms with Crippen LogP contribution in [-0.2, 0) is 19.1 Å². The van der Waals surface area contributed by atoms with Crippen LogP contribution in [0, 0.1) is 5.92 Å². The fourth-order valence-corrected chi connectivity index (χ4v) is 3.84. The summed E-state index contributed by atoms with van der Waals surface area (Å²) in [4.78, 5) is 38.8. The van der Waals surface area contributed by atoms with E-state index >= 15 is 0 Å². The van der Waals surface area contributed by atoms with Gasteiger partial charge in [0.15, 0.2) is 0 Å². The molecule has 1 saturated carbocycles. The van der Waals surface area contributed by atoms with Gasteiger partial charge in [0.1, 0.15) is 6.61 Å². The molecule has 3 amide bonds. The molecule has 1 heterocycles. The highest BCUT2D eigenvalue weighted by Crippen LogP contribution is 2.31. The Kier molecular flexibility index (Phi) is 7.10. The van der Waals surface area contributed by atoms with Gasteiger partial charge in [-0.1, -0.05) is 25.0 Å². The molecule has 0 radical (unpaired) electrons. The zero-order chi connectivity index (χ0) is 21.7. The fourth-order valence-electron chi connectivity index (χ4n) is 3.84. The van der Waals surface area contributed by atoms with Crippen molar-refractivity contribution < 1.29 is 23.9 Å². The van der Waals surface area contributed by atoms with E-state index in [1.807, 2.05) is 0 Å². The number of nitrogens with zero attached hydrogens (tertiary/aromatic N) is 1. The SMILES string of the molecule is COCCOC(=O)C1=C(C)N(C)C(=O)NC1c1ccc(NC(=O)C2CCCC2)cc1. The van der Waals surface area contributed by atoms with Gasteiger partial charge in [-0.25, -0.2) is 9.59 Å². The Labute approximate surface area is 176 Å². The number of nitrogens with one attached hydrogen (secondary N) is 2. The van der Waals surface area contributed by atoms with Crippen LogP contribution >= 0.6 is 0 Å². The summed E-state index contributed by atoms with van der Waals surface area (Å²) >= 11 is 0. The van der Waals surface area contributed by atoms with Crippen molar-refractivity contribution in [3.8, 4) is 0 Å². The number of carbonyl (C=O) groups excluding carboxylic acids is 3. The summed E-state index contributed by atoms with van der Waals surface area (Å²) in [6, 6.07) is 6.24. The minimum atomic E-state index is -0.636. The van der Waals surface area contributed by atoms with Crippen molar-refractivity contribution in [3.63, 3.8) is 0 Å². The summed E-state index contributed by atoms with van der Waals surface area (Å²) in [5, 5.41) is 5.80. The molecule has 1 fully saturated rings. The fraction of sp³-hybridized carbons (Fsp3) is 0.500. The van der Waals surface area contributed by atoms with E-state index in [1.54, 1.807) is 38.2 Å². The Morgan fingerprint density at radius 2 is 1.83 bits per heavy atom. The van der Waals surface area contributed by atoms with Crippen molar-refractivity contribution in [3.05, 3.63) is 41.1 Å². The van der Waals surface area contributed by atoms with E-state index in [4.69, 9.17) is 9.47 Å². The van der Waals surface area contributed by atoms with Crippen molar-refractivity contribution in [2.75, 3.05) is 32.7 Å². The molecule has 0 aromatic heterocycles. The first-order valence-corrected chi connectivity index (χ1v) is 10.2. The molecule has 0 spiro atoms. The largest absolute Gasteiger partial charge is 0.460 e. The number of rotatable bonds is 7. The number of methoxy groups -OCH3 is 1. The molecule has 1 atom stereocenters. The van der Waals surface area contributed by atoms with Crippen LogP contribution in [0.25, 0.3) is 0 Å². The van der Waals surface area contributed by atoms with E-state index in [-0.39, 0.29) is 24.5 Å². The lowest BCUT2D eigenvalue weighted by atomic mass is 9.95. The maximum atomic E-state index is 12.7. The van der Waals surface area contributed by atoms with Crippen LogP contribution in [0.3, 0.4) is 0 Å². The van der Waals surface area contributed by atoms with Crippen LogP contribution in [0.15, 0.2) is 35.5 Å². The predicted molar refractivity (Wildman–Crippen MR) is 112 cm³/mol. The Morgan fingerprint density at radius 3 is 2.47 bits per heavy atom. The Morgan fingerprint density at radius 1 is 1.17 bits per heavy atom. The molecule has 8 heteroatoms. The first-order valence-electron chi connectivity index (χ1n) is 10.2. The molecule has 1 aromatic carbocycles. The molecule has 0 saturated heterocycles. The number of anilines is 1. The van der Waals surface area contributed by atoms with Gasteiger partial charge < -0.3 is 25.0 Å². The smallest absolute Gasteiger partial charge is 0.338 e. The van der Waals surface area contributed by atoms with Crippen molar-refractivity contribution in [1.82, 2.24) is 10.2 Å². The van der Waals surface area contributed by atoms with E-state index in [1.165, 1.54) is 12.0 Å². The highest BCUT2D eigenvalue weighted by Gasteiger charge is 2.35. The van der Waals surface area contributed by atoms with Crippen LogP contribution < -0.4 is 10.6 Å². The van der Waals surface area contributed by atoms with E-state index in [0.29, 0.717) is 23.6 Å². The third-order valence-electron chi connectivity index (χ3n) is 5.73. The number of hydrogen-bond acceptors (Lipinski definition) is 5. The van der Waals surface area contributed by atoms with Crippen molar-refractivity contribution in [1.29, 1.82) is 0 Å². The van der Waals surface area contributed by atoms with Gasteiger partial charge in [0.2, 0.25) is 5.91 Å². The van der Waals surface area contributed by atoms with E-state index < -0.39 is 12.0 Å². The van der Waals surface area contributed by atoms with Gasteiger partial charge in [0.25, 0.3) is 0 Å². The molecular weight excluding hydrogens is 386 g/mol. The lowest BCUT2D eigenvalue weighted by Crippen LogP contribution is -2.46. The molecule has 8 nitrogen and oxygen atoms in total. The highest BCUT2D eigenvalue weighted by atomic mass is 16.6. The average molecular weight is 415 g/mol. The number of ether oxygens (including phenoxy) is 2. The molecule has 162 valence electrons. The number of benzene rings is 1. The normalized spacial score (nSPS) is 19.6. The molecule has 2 N–H and O–H groups in total. The quantitative estimate of drug-likeness (QED) is 0.527. The van der Waals surface area contributed by atoms with Crippen LogP contribution in [0.1, 0.15) is 44.2 Å². The van der Waals surface area contributed by atoms with Crippen molar-refractivity contribution in [2.24, 2.45) is 5.92 Å². The summed E-state index contributed by atoms with van der Waals surface area (Å²) in [5.41, 5.74) is 2.33. The maximum absolute atomic E-state index is 12.7. The number of amides is 3. The van der Waals surface area contributed by atoms with Crippen LogP contribution in [0.4, 0.5) is 10.5 Å². The van der Waals surface area contributed by atoms with Gasteiger partial charge in [-0.15, -0.1) is 0 Å². The zero-order valence-electron chi connectivity index (χ0n) is 17.7. The second kappa shape index (κ2) is 9.75. The summed E-state index contributed by atoms with van der Waals surface area (Å²) < 4.78 is 10.2. The summed E-state index contributed by atoms with van der Waals surface area (Å²) in [6.07, 6.45) is 4.07. The third-order valence-corrected chi connectivity index (χ3v) is 5.73. The molecule has 30 heavy (non-hydrogen) atoms. The minimum absolute atomic E-state index is 0.0472. The minimum Gasteiger partial charge on any atom is -0.460 e. The van der Waals surface area contributed by atoms with Gasteiger partial charge in [-0.05, 0) is 37.5 Å². The number of hydrogen-bond donors (Lipinski definition) is 2. The second-order valence-electron chi connectivity index (χ2n) is 7.66. The molecular formula is C22H29N3O5. The van der Waals surface area contributed by atoms with Crippen molar-refractivity contribution >= 4 is 23.6 Å². The Bertz CT molecular complexity index is 828. The number of esters is 1. The van der Waals surface area contributed by atoms with Gasteiger partial charge in [0.05, 0.1) is 18.2 Å². The molecule has 0 bridgehead atoms. The van der Waals surface area contributed by atoms with Crippen LogP contribution in [0.2, 0.25) is 0 Å². The number of urea groups is 1. The van der Waals surface area contributed by atoms with Gasteiger partial charge in [-0.3, -0.25) is 4.79 Å². The third kappa shape index (κ3) is 4.81. The molecule has 3 rings (SSSR count). The van der Waals surface area contributed by atoms with Crippen LogP contribution in [-0.4, -0.2) is 50.2 Å². The monoisotopic (exact) mass is 415 g/mol. The predicted octanol–water partition coefficient (Wildman–Crippen LogP) is 2.98.